The Morgan fingerprint density at radius 2 is 1.87 bits per heavy atom. The van der Waals surface area contributed by atoms with Crippen molar-refractivity contribution in [3.8, 4) is 11.3 Å². The van der Waals surface area contributed by atoms with Crippen molar-refractivity contribution in [2.75, 3.05) is 5.32 Å². The molecule has 1 N–H and O–H groups in total. The number of amides is 1. The molecule has 1 heterocycles. The summed E-state index contributed by atoms with van der Waals surface area (Å²) >= 11 is 1.27. The van der Waals surface area contributed by atoms with Crippen LogP contribution in [0.5, 0.6) is 0 Å². The van der Waals surface area contributed by atoms with Crippen molar-refractivity contribution >= 4 is 39.1 Å². The summed E-state index contributed by atoms with van der Waals surface area (Å²) in [6, 6.07) is 14.0. The number of hydrogen-bond donors (Lipinski definition) is 1. The largest absolute Gasteiger partial charge is 0.545 e. The van der Waals surface area contributed by atoms with Gasteiger partial charge in [0, 0.05) is 17.0 Å². The monoisotopic (exact) mass is 323 g/mol. The highest BCUT2D eigenvalue weighted by Crippen LogP contribution is 2.27. The molecule has 0 aliphatic carbocycles. The minimum Gasteiger partial charge on any atom is -0.545 e. The third-order valence-corrected chi connectivity index (χ3v) is 3.91. The molecule has 6 heteroatoms. The molecule has 0 atom stereocenters. The van der Waals surface area contributed by atoms with Crippen LogP contribution in [-0.2, 0) is 9.59 Å². The lowest BCUT2D eigenvalue weighted by molar-refractivity contribution is -0.297. The average molecular weight is 323 g/mol. The molecule has 1 amide bonds. The van der Waals surface area contributed by atoms with E-state index in [4.69, 9.17) is 0 Å². The Bertz CT molecular complexity index is 915. The number of fused-ring (bicyclic) bond motifs is 1. The van der Waals surface area contributed by atoms with E-state index < -0.39 is 11.9 Å². The van der Waals surface area contributed by atoms with E-state index in [0.29, 0.717) is 11.2 Å². The van der Waals surface area contributed by atoms with E-state index in [1.807, 2.05) is 47.8 Å². The number of carboxylic acid groups (broad SMARTS) is 1. The number of hydrogen-bond acceptors (Lipinski definition) is 5. The molecule has 0 saturated carbocycles. The fourth-order valence-corrected chi connectivity index (χ4v) is 2.83. The molecular formula is C17H11N2O3S-. The third-order valence-electron chi connectivity index (χ3n) is 3.15. The van der Waals surface area contributed by atoms with Crippen LogP contribution in [0.3, 0.4) is 0 Å². The molecule has 23 heavy (non-hydrogen) atoms. The number of benzene rings is 2. The molecule has 3 aromatic rings. The van der Waals surface area contributed by atoms with Crippen molar-refractivity contribution in [3.63, 3.8) is 0 Å². The highest BCUT2D eigenvalue weighted by Gasteiger charge is 2.07. The van der Waals surface area contributed by atoms with Gasteiger partial charge in [0.2, 0.25) is 5.91 Å². The zero-order valence-electron chi connectivity index (χ0n) is 11.9. The summed E-state index contributed by atoms with van der Waals surface area (Å²) in [5.74, 6) is -1.98. The molecule has 3 rings (SSSR count). The van der Waals surface area contributed by atoms with Crippen LogP contribution in [0, 0.1) is 0 Å². The van der Waals surface area contributed by atoms with Gasteiger partial charge in [-0.05, 0) is 22.9 Å². The number of thiazole rings is 1. The van der Waals surface area contributed by atoms with Gasteiger partial charge in [-0.1, -0.05) is 36.4 Å². The summed E-state index contributed by atoms with van der Waals surface area (Å²) in [5, 5.41) is 17.3. The van der Waals surface area contributed by atoms with Crippen molar-refractivity contribution in [2.24, 2.45) is 0 Å². The zero-order chi connectivity index (χ0) is 16.2. The molecule has 0 spiro atoms. The molecule has 0 aliphatic heterocycles. The summed E-state index contributed by atoms with van der Waals surface area (Å²) in [6.07, 6.45) is 1.57. The second kappa shape index (κ2) is 6.41. The number of nitrogens with zero attached hydrogens (tertiary/aromatic N) is 1. The number of rotatable bonds is 4. The number of nitrogens with one attached hydrogen (secondary N) is 1. The number of carboxylic acids is 1. The van der Waals surface area contributed by atoms with Gasteiger partial charge in [0.1, 0.15) is 0 Å². The van der Waals surface area contributed by atoms with E-state index in [1.165, 1.54) is 11.3 Å². The first-order valence-electron chi connectivity index (χ1n) is 6.76. The van der Waals surface area contributed by atoms with Gasteiger partial charge in [-0.3, -0.25) is 10.1 Å². The molecule has 0 saturated heterocycles. The maximum atomic E-state index is 11.5. The van der Waals surface area contributed by atoms with Crippen LogP contribution in [0.2, 0.25) is 0 Å². The van der Waals surface area contributed by atoms with Crippen LogP contribution in [0.15, 0.2) is 60.0 Å². The lowest BCUT2D eigenvalue weighted by Crippen LogP contribution is -2.20. The summed E-state index contributed by atoms with van der Waals surface area (Å²) in [7, 11) is 0. The Balaban J connectivity index is 1.80. The maximum Gasteiger partial charge on any atom is 0.250 e. The fraction of sp³-hybridized carbons (Fsp3) is 0. The van der Waals surface area contributed by atoms with E-state index >= 15 is 0 Å². The Morgan fingerprint density at radius 3 is 2.65 bits per heavy atom. The van der Waals surface area contributed by atoms with E-state index in [9.17, 15) is 14.7 Å². The molecule has 1 aromatic heterocycles. The minimum absolute atomic E-state index is 0.404. The van der Waals surface area contributed by atoms with E-state index in [2.05, 4.69) is 10.3 Å². The van der Waals surface area contributed by atoms with Crippen LogP contribution >= 0.6 is 11.3 Å². The first kappa shape index (κ1) is 14.9. The number of carbonyl (C=O) groups excluding carboxylic acids is 2. The van der Waals surface area contributed by atoms with Gasteiger partial charge < -0.3 is 9.90 Å². The highest BCUT2D eigenvalue weighted by atomic mass is 32.1. The Labute approximate surface area is 135 Å². The van der Waals surface area contributed by atoms with Gasteiger partial charge in [-0.15, -0.1) is 11.3 Å². The molecule has 114 valence electrons. The van der Waals surface area contributed by atoms with Gasteiger partial charge in [-0.25, -0.2) is 4.98 Å². The van der Waals surface area contributed by atoms with Crippen LogP contribution < -0.4 is 10.4 Å². The highest BCUT2D eigenvalue weighted by molar-refractivity contribution is 7.14. The minimum atomic E-state index is -1.42. The number of aromatic nitrogens is 1. The number of anilines is 1. The Hall–Kier alpha value is -2.99. The second-order valence-corrected chi connectivity index (χ2v) is 5.60. The normalized spacial score (nSPS) is 11.0. The molecule has 5 nitrogen and oxygen atoms in total. The van der Waals surface area contributed by atoms with Crippen LogP contribution in [-0.4, -0.2) is 16.9 Å². The van der Waals surface area contributed by atoms with Gasteiger partial charge in [-0.2, -0.15) is 0 Å². The smallest absolute Gasteiger partial charge is 0.250 e. The van der Waals surface area contributed by atoms with Crippen LogP contribution in [0.25, 0.3) is 22.0 Å². The van der Waals surface area contributed by atoms with Crippen molar-refractivity contribution < 1.29 is 14.7 Å². The topological polar surface area (TPSA) is 82.1 Å². The summed E-state index contributed by atoms with van der Waals surface area (Å²) in [6.45, 7) is 0. The molecule has 0 bridgehead atoms. The third kappa shape index (κ3) is 3.61. The zero-order valence-corrected chi connectivity index (χ0v) is 12.7. The summed E-state index contributed by atoms with van der Waals surface area (Å²) in [5.41, 5.74) is 1.70. The molecular weight excluding hydrogens is 312 g/mol. The van der Waals surface area contributed by atoms with E-state index in [1.54, 1.807) is 0 Å². The SMILES string of the molecule is O=C([O-])/C=C/C(=O)Nc1nc(-c2ccc3ccccc3c2)cs1. The van der Waals surface area contributed by atoms with Crippen molar-refractivity contribution in [2.45, 2.75) is 0 Å². The average Bonchev–Trinajstić information content (AvgIpc) is 3.01. The van der Waals surface area contributed by atoms with Gasteiger partial charge in [0.15, 0.2) is 5.13 Å². The molecule has 0 aliphatic rings. The molecule has 0 radical (unpaired) electrons. The first-order valence-corrected chi connectivity index (χ1v) is 7.64. The molecule has 2 aromatic carbocycles. The predicted molar refractivity (Wildman–Crippen MR) is 87.8 cm³/mol. The first-order chi connectivity index (χ1) is 11.1. The van der Waals surface area contributed by atoms with Crippen molar-refractivity contribution in [1.82, 2.24) is 4.98 Å². The van der Waals surface area contributed by atoms with Gasteiger partial charge in [0.05, 0.1) is 11.7 Å². The second-order valence-electron chi connectivity index (χ2n) is 4.74. The molecule has 0 fully saturated rings. The molecule has 0 unspecified atom stereocenters. The summed E-state index contributed by atoms with van der Waals surface area (Å²) in [4.78, 5) is 26.1. The summed E-state index contributed by atoms with van der Waals surface area (Å²) < 4.78 is 0. The fourth-order valence-electron chi connectivity index (χ4n) is 2.10. The van der Waals surface area contributed by atoms with Crippen LogP contribution in [0.4, 0.5) is 5.13 Å². The lowest BCUT2D eigenvalue weighted by Gasteiger charge is -2.01. The van der Waals surface area contributed by atoms with Crippen LogP contribution in [0.1, 0.15) is 0 Å². The maximum absolute atomic E-state index is 11.5. The quantitative estimate of drug-likeness (QED) is 0.746. The predicted octanol–water partition coefficient (Wildman–Crippen LogP) is 2.21. The van der Waals surface area contributed by atoms with E-state index in [-0.39, 0.29) is 0 Å². The Kier molecular flexibility index (Phi) is 4.16. The van der Waals surface area contributed by atoms with Gasteiger partial charge in [0.25, 0.3) is 0 Å². The lowest BCUT2D eigenvalue weighted by atomic mass is 10.1. The number of aliphatic carboxylic acids is 1. The Morgan fingerprint density at radius 1 is 1.09 bits per heavy atom. The van der Waals surface area contributed by atoms with Crippen molar-refractivity contribution in [1.29, 1.82) is 0 Å². The van der Waals surface area contributed by atoms with Gasteiger partial charge >= 0.3 is 0 Å². The standard InChI is InChI=1S/C17H12N2O3S/c20-15(7-8-16(21)22)19-17-18-14(10-23-17)13-6-5-11-3-1-2-4-12(11)9-13/h1-10H,(H,21,22)(H,18,19,20)/p-1/b8-7+. The van der Waals surface area contributed by atoms with E-state index in [0.717, 1.165) is 28.1 Å². The van der Waals surface area contributed by atoms with Crippen molar-refractivity contribution in [3.05, 3.63) is 60.0 Å². The number of carbonyl (C=O) groups is 2.